The van der Waals surface area contributed by atoms with Crippen molar-refractivity contribution in [3.63, 3.8) is 0 Å². The molecule has 0 spiro atoms. The van der Waals surface area contributed by atoms with Crippen molar-refractivity contribution in [2.24, 2.45) is 0 Å². The number of ether oxygens (including phenoxy) is 2. The number of hydrogen-bond acceptors (Lipinski definition) is 4. The highest BCUT2D eigenvalue weighted by Crippen LogP contribution is 2.35. The summed E-state index contributed by atoms with van der Waals surface area (Å²) < 4.78 is 10.6. The van der Waals surface area contributed by atoms with Gasteiger partial charge in [0.15, 0.2) is 6.61 Å². The third-order valence-electron chi connectivity index (χ3n) is 4.04. The minimum atomic E-state index is -0.379. The molecule has 24 heavy (non-hydrogen) atoms. The minimum absolute atomic E-state index is 0.00848. The van der Waals surface area contributed by atoms with E-state index in [0.29, 0.717) is 17.4 Å². The monoisotopic (exact) mass is 345 g/mol. The molecular weight excluding hydrogens is 326 g/mol. The van der Waals surface area contributed by atoms with Gasteiger partial charge in [0.2, 0.25) is 0 Å². The van der Waals surface area contributed by atoms with Crippen LogP contribution >= 0.6 is 11.6 Å². The molecule has 0 saturated heterocycles. The predicted molar refractivity (Wildman–Crippen MR) is 93.6 cm³/mol. The number of esters is 1. The molecule has 0 bridgehead atoms. The van der Waals surface area contributed by atoms with E-state index in [1.54, 1.807) is 19.1 Å². The third-order valence-corrected chi connectivity index (χ3v) is 4.28. The number of nitrogens with one attached hydrogen (secondary N) is 1. The van der Waals surface area contributed by atoms with Crippen LogP contribution in [0.15, 0.2) is 42.5 Å². The zero-order chi connectivity index (χ0) is 16.9. The zero-order valence-electron chi connectivity index (χ0n) is 13.5. The smallest absolute Gasteiger partial charge is 0.344 e. The summed E-state index contributed by atoms with van der Waals surface area (Å²) in [5.41, 5.74) is 3.46. The van der Waals surface area contributed by atoms with E-state index in [9.17, 15) is 4.79 Å². The van der Waals surface area contributed by atoms with Gasteiger partial charge in [0.25, 0.3) is 0 Å². The van der Waals surface area contributed by atoms with Gasteiger partial charge in [-0.25, -0.2) is 4.79 Å². The highest BCUT2D eigenvalue weighted by molar-refractivity contribution is 6.30. The number of carbonyl (C=O) groups excluding carboxylic acids is 1. The van der Waals surface area contributed by atoms with Crippen molar-refractivity contribution >= 4 is 17.6 Å². The van der Waals surface area contributed by atoms with E-state index in [-0.39, 0.29) is 18.6 Å². The summed E-state index contributed by atoms with van der Waals surface area (Å²) in [5.74, 6) is 0.261. The van der Waals surface area contributed by atoms with Crippen LogP contribution in [0.25, 0.3) is 0 Å². The maximum atomic E-state index is 11.6. The first-order valence-electron chi connectivity index (χ1n) is 8.08. The Balaban J connectivity index is 1.90. The Bertz CT molecular complexity index is 732. The van der Waals surface area contributed by atoms with Gasteiger partial charge in [-0.2, -0.15) is 0 Å². The van der Waals surface area contributed by atoms with Crippen molar-refractivity contribution in [1.29, 1.82) is 0 Å². The second-order valence-corrected chi connectivity index (χ2v) is 6.05. The molecule has 1 atom stereocenters. The predicted octanol–water partition coefficient (Wildman–Crippen LogP) is 3.52. The average molecular weight is 346 g/mol. The molecule has 0 radical (unpaired) electrons. The summed E-state index contributed by atoms with van der Waals surface area (Å²) in [6.07, 6.45) is 0.992. The Morgan fingerprint density at radius 2 is 2.08 bits per heavy atom. The number of fused-ring (bicyclic) bond motifs is 1. The number of carbonyl (C=O) groups is 1. The van der Waals surface area contributed by atoms with Gasteiger partial charge in [0, 0.05) is 17.1 Å². The van der Waals surface area contributed by atoms with Crippen LogP contribution in [0.1, 0.15) is 29.7 Å². The highest BCUT2D eigenvalue weighted by atomic mass is 35.5. The van der Waals surface area contributed by atoms with E-state index in [0.717, 1.165) is 18.5 Å². The first-order chi connectivity index (χ1) is 11.7. The fourth-order valence-corrected chi connectivity index (χ4v) is 3.18. The first kappa shape index (κ1) is 16.8. The van der Waals surface area contributed by atoms with E-state index < -0.39 is 0 Å². The molecule has 1 aliphatic rings. The number of benzene rings is 2. The van der Waals surface area contributed by atoms with Crippen molar-refractivity contribution < 1.29 is 14.3 Å². The van der Waals surface area contributed by atoms with E-state index >= 15 is 0 Å². The van der Waals surface area contributed by atoms with Crippen LogP contribution < -0.4 is 10.1 Å². The molecule has 0 aromatic heterocycles. The summed E-state index contributed by atoms with van der Waals surface area (Å²) in [7, 11) is 0. The SMILES string of the molecule is CCOC(=O)COc1ccc(Cl)cc1C1NCCc2ccccc21. The Morgan fingerprint density at radius 3 is 2.92 bits per heavy atom. The molecule has 0 aliphatic carbocycles. The maximum Gasteiger partial charge on any atom is 0.344 e. The average Bonchev–Trinajstić information content (AvgIpc) is 2.60. The van der Waals surface area contributed by atoms with E-state index in [2.05, 4.69) is 23.5 Å². The molecular formula is C19H20ClNO3. The first-order valence-corrected chi connectivity index (χ1v) is 8.46. The van der Waals surface area contributed by atoms with Crippen molar-refractivity contribution in [3.05, 3.63) is 64.2 Å². The van der Waals surface area contributed by atoms with E-state index in [1.807, 2.05) is 12.1 Å². The second-order valence-electron chi connectivity index (χ2n) is 5.61. The fraction of sp³-hybridized carbons (Fsp3) is 0.316. The molecule has 5 heteroatoms. The van der Waals surface area contributed by atoms with Crippen LogP contribution in [-0.2, 0) is 16.0 Å². The number of halogens is 1. The summed E-state index contributed by atoms with van der Waals surface area (Å²) >= 11 is 6.20. The molecule has 1 unspecified atom stereocenters. The van der Waals surface area contributed by atoms with Crippen molar-refractivity contribution in [3.8, 4) is 5.75 Å². The summed E-state index contributed by atoms with van der Waals surface area (Å²) in [6.45, 7) is 2.88. The summed E-state index contributed by atoms with van der Waals surface area (Å²) in [6, 6.07) is 13.8. The second kappa shape index (κ2) is 7.69. The van der Waals surface area contributed by atoms with Crippen LogP contribution in [0.3, 0.4) is 0 Å². The van der Waals surface area contributed by atoms with Gasteiger partial charge in [0.1, 0.15) is 5.75 Å². The van der Waals surface area contributed by atoms with Crippen LogP contribution in [0, 0.1) is 0 Å². The van der Waals surface area contributed by atoms with Gasteiger partial charge >= 0.3 is 5.97 Å². The molecule has 0 fully saturated rings. The van der Waals surface area contributed by atoms with Crippen molar-refractivity contribution in [2.45, 2.75) is 19.4 Å². The van der Waals surface area contributed by atoms with E-state index in [4.69, 9.17) is 21.1 Å². The molecule has 1 aliphatic heterocycles. The summed E-state index contributed by atoms with van der Waals surface area (Å²) in [5, 5.41) is 4.15. The van der Waals surface area contributed by atoms with Gasteiger partial charge in [-0.3, -0.25) is 0 Å². The van der Waals surface area contributed by atoms with Crippen molar-refractivity contribution in [2.75, 3.05) is 19.8 Å². The number of rotatable bonds is 5. The molecule has 4 nitrogen and oxygen atoms in total. The van der Waals surface area contributed by atoms with E-state index in [1.165, 1.54) is 11.1 Å². The van der Waals surface area contributed by atoms with Gasteiger partial charge in [0.05, 0.1) is 12.6 Å². The Morgan fingerprint density at radius 1 is 1.25 bits per heavy atom. The zero-order valence-corrected chi connectivity index (χ0v) is 14.3. The molecule has 126 valence electrons. The Hall–Kier alpha value is -2.04. The quantitative estimate of drug-likeness (QED) is 0.842. The lowest BCUT2D eigenvalue weighted by atomic mass is 9.89. The third kappa shape index (κ3) is 3.71. The molecule has 0 amide bonds. The lowest BCUT2D eigenvalue weighted by Crippen LogP contribution is -2.31. The Labute approximate surface area is 146 Å². The Kier molecular flexibility index (Phi) is 5.38. The lowest BCUT2D eigenvalue weighted by Gasteiger charge is -2.28. The van der Waals surface area contributed by atoms with Gasteiger partial charge in [-0.1, -0.05) is 35.9 Å². The highest BCUT2D eigenvalue weighted by Gasteiger charge is 2.24. The van der Waals surface area contributed by atoms with Crippen LogP contribution in [0.4, 0.5) is 0 Å². The topological polar surface area (TPSA) is 47.6 Å². The largest absolute Gasteiger partial charge is 0.482 e. The maximum absolute atomic E-state index is 11.6. The molecule has 1 N–H and O–H groups in total. The lowest BCUT2D eigenvalue weighted by molar-refractivity contribution is -0.145. The molecule has 2 aromatic rings. The fourth-order valence-electron chi connectivity index (χ4n) is 3.00. The molecule has 3 rings (SSSR count). The number of hydrogen-bond donors (Lipinski definition) is 1. The normalized spacial score (nSPS) is 16.3. The molecule has 2 aromatic carbocycles. The molecule has 1 heterocycles. The van der Waals surface area contributed by atoms with Crippen LogP contribution in [0.5, 0.6) is 5.75 Å². The van der Waals surface area contributed by atoms with Gasteiger partial charge in [-0.05, 0) is 42.7 Å². The van der Waals surface area contributed by atoms with Crippen LogP contribution in [-0.4, -0.2) is 25.7 Å². The molecule has 0 saturated carbocycles. The van der Waals surface area contributed by atoms with Gasteiger partial charge < -0.3 is 14.8 Å². The standard InChI is InChI=1S/C19H20ClNO3/c1-2-23-18(22)12-24-17-8-7-14(20)11-16(17)19-15-6-4-3-5-13(15)9-10-21-19/h3-8,11,19,21H,2,9-10,12H2,1H3. The van der Waals surface area contributed by atoms with Crippen LogP contribution in [0.2, 0.25) is 5.02 Å². The minimum Gasteiger partial charge on any atom is -0.482 e. The summed E-state index contributed by atoms with van der Waals surface area (Å²) in [4.78, 5) is 11.6. The van der Waals surface area contributed by atoms with Crippen molar-refractivity contribution in [1.82, 2.24) is 5.32 Å². The van der Waals surface area contributed by atoms with Gasteiger partial charge in [-0.15, -0.1) is 0 Å².